The summed E-state index contributed by atoms with van der Waals surface area (Å²) in [5.41, 5.74) is 0. The fourth-order valence-corrected chi connectivity index (χ4v) is 4.18. The predicted molar refractivity (Wildman–Crippen MR) is 122 cm³/mol. The Morgan fingerprint density at radius 2 is 2.00 bits per heavy atom. The van der Waals surface area contributed by atoms with E-state index >= 15 is 0 Å². The molecule has 2 aliphatic heterocycles. The molecule has 0 radical (unpaired) electrons. The van der Waals surface area contributed by atoms with Crippen molar-refractivity contribution in [3.05, 3.63) is 23.7 Å². The lowest BCUT2D eigenvalue weighted by Gasteiger charge is -2.32. The quantitative estimate of drug-likeness (QED) is 0.353. The third-order valence-electron chi connectivity index (χ3n) is 5.91. The van der Waals surface area contributed by atoms with E-state index in [0.29, 0.717) is 18.9 Å². The Hall–Kier alpha value is -2.06. The Morgan fingerprint density at radius 1 is 1.16 bits per heavy atom. The van der Waals surface area contributed by atoms with Gasteiger partial charge in [-0.25, -0.2) is 0 Å². The summed E-state index contributed by atoms with van der Waals surface area (Å²) in [7, 11) is 0. The molecule has 3 rings (SSSR count). The summed E-state index contributed by atoms with van der Waals surface area (Å²) >= 11 is 0. The normalized spacial score (nSPS) is 19.9. The van der Waals surface area contributed by atoms with E-state index in [4.69, 9.17) is 14.1 Å². The SMILES string of the molecule is CCNC(=NCC(c1ccc(C)o1)N1CCOCC1)NCCCN1CCCCCC1=O. The maximum Gasteiger partial charge on any atom is 0.222 e. The molecule has 2 aliphatic rings. The van der Waals surface area contributed by atoms with E-state index in [9.17, 15) is 4.79 Å². The molecule has 8 nitrogen and oxygen atoms in total. The molecular formula is C23H39N5O3. The number of furan rings is 1. The molecule has 31 heavy (non-hydrogen) atoms. The Labute approximate surface area is 186 Å². The van der Waals surface area contributed by atoms with Gasteiger partial charge in [0.1, 0.15) is 11.5 Å². The molecule has 0 bridgehead atoms. The van der Waals surface area contributed by atoms with Gasteiger partial charge in [0.15, 0.2) is 5.96 Å². The number of ether oxygens (including phenoxy) is 1. The average Bonchev–Trinajstić information content (AvgIpc) is 3.10. The van der Waals surface area contributed by atoms with Crippen LogP contribution in [0.4, 0.5) is 0 Å². The van der Waals surface area contributed by atoms with Crippen molar-refractivity contribution >= 4 is 11.9 Å². The Bertz CT molecular complexity index is 699. The number of rotatable bonds is 9. The number of nitrogens with one attached hydrogen (secondary N) is 2. The molecule has 1 aromatic rings. The van der Waals surface area contributed by atoms with Crippen molar-refractivity contribution in [1.29, 1.82) is 0 Å². The fraction of sp³-hybridized carbons (Fsp3) is 0.739. The Balaban J connectivity index is 1.54. The topological polar surface area (TPSA) is 82.3 Å². The summed E-state index contributed by atoms with van der Waals surface area (Å²) < 4.78 is 11.5. The first kappa shape index (κ1) is 23.6. The number of morpholine rings is 1. The zero-order valence-corrected chi connectivity index (χ0v) is 19.2. The summed E-state index contributed by atoms with van der Waals surface area (Å²) in [5, 5.41) is 6.77. The van der Waals surface area contributed by atoms with Crippen LogP contribution in [-0.4, -0.2) is 80.7 Å². The highest BCUT2D eigenvalue weighted by atomic mass is 16.5. The lowest BCUT2D eigenvalue weighted by molar-refractivity contribution is -0.130. The lowest BCUT2D eigenvalue weighted by atomic mass is 10.1. The van der Waals surface area contributed by atoms with Crippen LogP contribution in [0.5, 0.6) is 0 Å². The van der Waals surface area contributed by atoms with E-state index in [1.807, 2.05) is 17.9 Å². The average molecular weight is 434 g/mol. The van der Waals surface area contributed by atoms with Gasteiger partial charge in [0, 0.05) is 45.7 Å². The molecule has 1 aromatic heterocycles. The molecule has 2 N–H and O–H groups in total. The summed E-state index contributed by atoms with van der Waals surface area (Å²) in [5.74, 6) is 3.00. The van der Waals surface area contributed by atoms with Crippen LogP contribution >= 0.6 is 0 Å². The molecule has 3 heterocycles. The second kappa shape index (κ2) is 12.7. The van der Waals surface area contributed by atoms with Gasteiger partial charge in [-0.3, -0.25) is 14.7 Å². The number of amides is 1. The molecule has 1 amide bonds. The standard InChI is InChI=1S/C23H39N5O3/c1-3-24-23(25-11-7-13-28-12-6-4-5-8-22(28)29)26-18-20(21-10-9-19(2)31-21)27-14-16-30-17-15-27/h9-10,20H,3-8,11-18H2,1-2H3,(H2,24,25,26). The number of hydrogen-bond acceptors (Lipinski definition) is 5. The number of carbonyl (C=O) groups excluding carboxylic acids is 1. The van der Waals surface area contributed by atoms with E-state index in [1.165, 1.54) is 0 Å². The lowest BCUT2D eigenvalue weighted by Crippen LogP contribution is -2.42. The van der Waals surface area contributed by atoms with Crippen LogP contribution < -0.4 is 10.6 Å². The number of likely N-dealkylation sites (tertiary alicyclic amines) is 1. The number of guanidine groups is 1. The van der Waals surface area contributed by atoms with Gasteiger partial charge in [-0.15, -0.1) is 0 Å². The van der Waals surface area contributed by atoms with Gasteiger partial charge in [-0.2, -0.15) is 0 Å². The Morgan fingerprint density at radius 3 is 2.74 bits per heavy atom. The van der Waals surface area contributed by atoms with Crippen LogP contribution in [0.2, 0.25) is 0 Å². The van der Waals surface area contributed by atoms with E-state index in [0.717, 1.165) is 95.6 Å². The van der Waals surface area contributed by atoms with Crippen molar-refractivity contribution in [2.24, 2.45) is 4.99 Å². The van der Waals surface area contributed by atoms with Gasteiger partial charge in [-0.1, -0.05) is 6.42 Å². The molecular weight excluding hydrogens is 394 g/mol. The van der Waals surface area contributed by atoms with Crippen LogP contribution in [0.15, 0.2) is 21.5 Å². The van der Waals surface area contributed by atoms with E-state index in [1.54, 1.807) is 0 Å². The first-order valence-corrected chi connectivity index (χ1v) is 11.9. The van der Waals surface area contributed by atoms with Gasteiger partial charge in [0.2, 0.25) is 5.91 Å². The molecule has 0 spiro atoms. The molecule has 1 atom stereocenters. The van der Waals surface area contributed by atoms with Crippen molar-refractivity contribution in [3.8, 4) is 0 Å². The molecule has 0 aliphatic carbocycles. The van der Waals surface area contributed by atoms with Crippen LogP contribution in [0.1, 0.15) is 56.6 Å². The van der Waals surface area contributed by atoms with Gasteiger partial charge in [0.25, 0.3) is 0 Å². The minimum atomic E-state index is 0.0998. The zero-order valence-electron chi connectivity index (χ0n) is 19.2. The molecule has 2 saturated heterocycles. The van der Waals surface area contributed by atoms with Crippen molar-refractivity contribution in [2.75, 3.05) is 59.0 Å². The van der Waals surface area contributed by atoms with E-state index in [2.05, 4.69) is 28.5 Å². The number of aliphatic imine (C=N–C) groups is 1. The fourth-order valence-electron chi connectivity index (χ4n) is 4.18. The van der Waals surface area contributed by atoms with E-state index < -0.39 is 0 Å². The number of nitrogens with zero attached hydrogens (tertiary/aromatic N) is 3. The van der Waals surface area contributed by atoms with Gasteiger partial charge in [-0.05, 0) is 45.2 Å². The molecule has 8 heteroatoms. The number of aryl methyl sites for hydroxylation is 1. The predicted octanol–water partition coefficient (Wildman–Crippen LogP) is 2.31. The summed E-state index contributed by atoms with van der Waals surface area (Å²) in [6.07, 6.45) is 4.94. The highest BCUT2D eigenvalue weighted by Gasteiger charge is 2.25. The van der Waals surface area contributed by atoms with Crippen molar-refractivity contribution < 1.29 is 13.9 Å². The third kappa shape index (κ3) is 7.54. The highest BCUT2D eigenvalue weighted by Crippen LogP contribution is 2.24. The maximum atomic E-state index is 12.2. The molecule has 174 valence electrons. The van der Waals surface area contributed by atoms with Crippen LogP contribution in [-0.2, 0) is 9.53 Å². The van der Waals surface area contributed by atoms with Crippen molar-refractivity contribution in [3.63, 3.8) is 0 Å². The molecule has 1 unspecified atom stereocenters. The Kier molecular flexibility index (Phi) is 9.68. The first-order chi connectivity index (χ1) is 15.2. The van der Waals surface area contributed by atoms with Crippen molar-refractivity contribution in [1.82, 2.24) is 20.4 Å². The van der Waals surface area contributed by atoms with Gasteiger partial charge in [0.05, 0.1) is 25.8 Å². The van der Waals surface area contributed by atoms with E-state index in [-0.39, 0.29) is 6.04 Å². The highest BCUT2D eigenvalue weighted by molar-refractivity contribution is 5.79. The van der Waals surface area contributed by atoms with Crippen LogP contribution in [0.3, 0.4) is 0 Å². The molecule has 0 aromatic carbocycles. The molecule has 2 fully saturated rings. The number of carbonyl (C=O) groups is 1. The zero-order chi connectivity index (χ0) is 21.9. The minimum Gasteiger partial charge on any atom is -0.465 e. The first-order valence-electron chi connectivity index (χ1n) is 11.9. The van der Waals surface area contributed by atoms with Crippen LogP contribution in [0.25, 0.3) is 0 Å². The van der Waals surface area contributed by atoms with Crippen molar-refractivity contribution in [2.45, 2.75) is 52.0 Å². The largest absolute Gasteiger partial charge is 0.465 e. The monoisotopic (exact) mass is 433 g/mol. The summed E-state index contributed by atoms with van der Waals surface area (Å²) in [6, 6.07) is 4.17. The number of hydrogen-bond donors (Lipinski definition) is 2. The van der Waals surface area contributed by atoms with Crippen LogP contribution in [0, 0.1) is 6.92 Å². The minimum absolute atomic E-state index is 0.0998. The second-order valence-corrected chi connectivity index (χ2v) is 8.30. The second-order valence-electron chi connectivity index (χ2n) is 8.30. The summed E-state index contributed by atoms with van der Waals surface area (Å²) in [4.78, 5) is 21.4. The van der Waals surface area contributed by atoms with Gasteiger partial charge < -0.3 is 24.7 Å². The molecule has 0 saturated carbocycles. The third-order valence-corrected chi connectivity index (χ3v) is 5.91. The smallest absolute Gasteiger partial charge is 0.222 e. The summed E-state index contributed by atoms with van der Waals surface area (Å²) in [6.45, 7) is 11.2. The maximum absolute atomic E-state index is 12.2. The van der Waals surface area contributed by atoms with Gasteiger partial charge >= 0.3 is 0 Å².